The van der Waals surface area contributed by atoms with Crippen LogP contribution in [0.2, 0.25) is 0 Å². The number of anilines is 2. The Bertz CT molecular complexity index is 1080. The van der Waals surface area contributed by atoms with E-state index in [9.17, 15) is 4.79 Å². The van der Waals surface area contributed by atoms with Crippen molar-refractivity contribution in [1.29, 1.82) is 0 Å². The lowest BCUT2D eigenvalue weighted by Gasteiger charge is -2.31. The van der Waals surface area contributed by atoms with Crippen LogP contribution in [-0.2, 0) is 9.63 Å². The quantitative estimate of drug-likeness (QED) is 0.514. The molecular formula is C25H29N5O3. The third kappa shape index (κ3) is 5.40. The van der Waals surface area contributed by atoms with Crippen molar-refractivity contribution in [1.82, 2.24) is 15.0 Å². The van der Waals surface area contributed by atoms with Crippen molar-refractivity contribution in [2.45, 2.75) is 31.7 Å². The Labute approximate surface area is 193 Å². The lowest BCUT2D eigenvalue weighted by molar-refractivity contribution is -0.174. The van der Waals surface area contributed by atoms with Crippen LogP contribution in [-0.4, -0.2) is 41.1 Å². The summed E-state index contributed by atoms with van der Waals surface area (Å²) in [6.45, 7) is 0. The molecule has 0 bridgehead atoms. The molecule has 1 amide bonds. The van der Waals surface area contributed by atoms with Crippen molar-refractivity contribution in [3.05, 3.63) is 60.9 Å². The van der Waals surface area contributed by atoms with Crippen LogP contribution >= 0.6 is 0 Å². The summed E-state index contributed by atoms with van der Waals surface area (Å²) in [4.78, 5) is 26.3. The zero-order chi connectivity index (χ0) is 23.2. The molecule has 2 atom stereocenters. The minimum absolute atomic E-state index is 0.000398. The zero-order valence-corrected chi connectivity index (χ0v) is 18.9. The average Bonchev–Trinajstić information content (AvgIpc) is 2.85. The number of nitrogens with zero attached hydrogens (tertiary/aromatic N) is 3. The maximum Gasteiger partial charge on any atom is 0.249 e. The van der Waals surface area contributed by atoms with Gasteiger partial charge in [0.05, 0.1) is 12.7 Å². The van der Waals surface area contributed by atoms with Gasteiger partial charge in [-0.15, -0.1) is 0 Å². The number of nitrogen functional groups attached to an aromatic ring is 1. The molecule has 0 saturated heterocycles. The van der Waals surface area contributed by atoms with Gasteiger partial charge < -0.3 is 15.8 Å². The fourth-order valence-corrected chi connectivity index (χ4v) is 4.19. The molecule has 4 rings (SSSR count). The van der Waals surface area contributed by atoms with Crippen LogP contribution in [0.15, 0.2) is 60.9 Å². The zero-order valence-electron chi connectivity index (χ0n) is 18.9. The Kier molecular flexibility index (Phi) is 7.04. The third-order valence-corrected chi connectivity index (χ3v) is 5.95. The Morgan fingerprint density at radius 1 is 1.06 bits per heavy atom. The Hall–Kier alpha value is -3.65. The largest absolute Gasteiger partial charge is 0.457 e. The van der Waals surface area contributed by atoms with Crippen LogP contribution < -0.4 is 15.8 Å². The SMILES string of the molecule is CON(C)C(=O)[C@@H]1CCC[C@H](Nc2ncnc(N)c2-c2ccc(Oc3ccccc3)cc2)C1. The van der Waals surface area contributed by atoms with E-state index in [4.69, 9.17) is 15.3 Å². The van der Waals surface area contributed by atoms with Crippen molar-refractivity contribution in [2.24, 2.45) is 5.92 Å². The second kappa shape index (κ2) is 10.3. The van der Waals surface area contributed by atoms with Crippen molar-refractivity contribution in [3.8, 4) is 22.6 Å². The first-order valence-electron chi connectivity index (χ1n) is 11.1. The summed E-state index contributed by atoms with van der Waals surface area (Å²) in [7, 11) is 3.15. The van der Waals surface area contributed by atoms with E-state index < -0.39 is 0 Å². The van der Waals surface area contributed by atoms with E-state index in [-0.39, 0.29) is 17.9 Å². The molecule has 1 aliphatic rings. The van der Waals surface area contributed by atoms with Gasteiger partial charge in [-0.25, -0.2) is 15.0 Å². The summed E-state index contributed by atoms with van der Waals surface area (Å²) < 4.78 is 5.89. The molecule has 1 heterocycles. The standard InChI is InChI=1S/C25H29N5O3/c1-30(32-2)25(31)18-7-6-8-19(15-18)29-24-22(23(26)27-16-28-24)17-11-13-21(14-12-17)33-20-9-4-3-5-10-20/h3-5,9-14,16,18-19H,6-8,15H2,1-2H3,(H3,26,27,28,29)/t18-,19+/m1/s1. The Morgan fingerprint density at radius 3 is 2.52 bits per heavy atom. The van der Waals surface area contributed by atoms with Crippen molar-refractivity contribution >= 4 is 17.5 Å². The predicted octanol–water partition coefficient (Wildman–Crippen LogP) is 4.51. The minimum atomic E-state index is -0.0850. The topological polar surface area (TPSA) is 103 Å². The van der Waals surface area contributed by atoms with E-state index in [0.717, 1.165) is 41.9 Å². The van der Waals surface area contributed by atoms with E-state index in [2.05, 4.69) is 15.3 Å². The number of carbonyl (C=O) groups is 1. The van der Waals surface area contributed by atoms with Crippen LogP contribution in [0.4, 0.5) is 11.6 Å². The molecule has 0 aliphatic heterocycles. The highest BCUT2D eigenvalue weighted by atomic mass is 16.7. The molecule has 1 aliphatic carbocycles. The summed E-state index contributed by atoms with van der Waals surface area (Å²) in [5.74, 6) is 2.48. The van der Waals surface area contributed by atoms with Gasteiger partial charge in [-0.05, 0) is 49.1 Å². The highest BCUT2D eigenvalue weighted by molar-refractivity contribution is 5.84. The summed E-state index contributed by atoms with van der Waals surface area (Å²) in [6, 6.07) is 17.4. The number of hydroxylamine groups is 2. The van der Waals surface area contributed by atoms with Crippen LogP contribution in [0.25, 0.3) is 11.1 Å². The molecule has 1 aromatic heterocycles. The van der Waals surface area contributed by atoms with Gasteiger partial charge in [-0.2, -0.15) is 0 Å². The monoisotopic (exact) mass is 447 g/mol. The van der Waals surface area contributed by atoms with Gasteiger partial charge >= 0.3 is 0 Å². The van der Waals surface area contributed by atoms with Crippen molar-refractivity contribution in [2.75, 3.05) is 25.2 Å². The molecule has 8 nitrogen and oxygen atoms in total. The third-order valence-electron chi connectivity index (χ3n) is 5.95. The summed E-state index contributed by atoms with van der Waals surface area (Å²) >= 11 is 0. The molecule has 0 radical (unpaired) electrons. The number of nitrogens with one attached hydrogen (secondary N) is 1. The number of para-hydroxylation sites is 1. The number of aromatic nitrogens is 2. The van der Waals surface area contributed by atoms with E-state index in [1.807, 2.05) is 54.6 Å². The highest BCUT2D eigenvalue weighted by Gasteiger charge is 2.30. The first kappa shape index (κ1) is 22.5. The number of amides is 1. The van der Waals surface area contributed by atoms with Crippen LogP contribution in [0, 0.1) is 5.92 Å². The molecule has 2 aromatic carbocycles. The number of ether oxygens (including phenoxy) is 1. The molecule has 33 heavy (non-hydrogen) atoms. The molecule has 8 heteroatoms. The van der Waals surface area contributed by atoms with Gasteiger partial charge in [0, 0.05) is 19.0 Å². The summed E-state index contributed by atoms with van der Waals surface area (Å²) in [5, 5.41) is 4.82. The van der Waals surface area contributed by atoms with Gasteiger partial charge in [0.15, 0.2) is 0 Å². The molecule has 0 spiro atoms. The molecule has 3 aromatic rings. The van der Waals surface area contributed by atoms with Gasteiger partial charge in [0.1, 0.15) is 29.5 Å². The number of benzene rings is 2. The number of carbonyl (C=O) groups excluding carboxylic acids is 1. The minimum Gasteiger partial charge on any atom is -0.457 e. The Balaban J connectivity index is 1.51. The van der Waals surface area contributed by atoms with Crippen molar-refractivity contribution < 1.29 is 14.4 Å². The molecule has 3 N–H and O–H groups in total. The average molecular weight is 448 g/mol. The molecule has 172 valence electrons. The predicted molar refractivity (Wildman–Crippen MR) is 128 cm³/mol. The highest BCUT2D eigenvalue weighted by Crippen LogP contribution is 2.35. The number of hydrogen-bond donors (Lipinski definition) is 2. The summed E-state index contributed by atoms with van der Waals surface area (Å²) in [5.41, 5.74) is 7.88. The van der Waals surface area contributed by atoms with Gasteiger partial charge in [-0.1, -0.05) is 36.8 Å². The maximum atomic E-state index is 12.5. The molecule has 1 saturated carbocycles. The number of nitrogens with two attached hydrogens (primary N) is 1. The Morgan fingerprint density at radius 2 is 1.79 bits per heavy atom. The normalized spacial score (nSPS) is 17.9. The van der Waals surface area contributed by atoms with Crippen molar-refractivity contribution in [3.63, 3.8) is 0 Å². The van der Waals surface area contributed by atoms with Crippen LogP contribution in [0.1, 0.15) is 25.7 Å². The van der Waals surface area contributed by atoms with Gasteiger partial charge in [0.2, 0.25) is 5.91 Å². The second-order valence-electron chi connectivity index (χ2n) is 8.15. The lowest BCUT2D eigenvalue weighted by Crippen LogP contribution is -2.38. The summed E-state index contributed by atoms with van der Waals surface area (Å²) in [6.07, 6.45) is 4.92. The second-order valence-corrected chi connectivity index (χ2v) is 8.15. The smallest absolute Gasteiger partial charge is 0.249 e. The fourth-order valence-electron chi connectivity index (χ4n) is 4.19. The van der Waals surface area contributed by atoms with Crippen LogP contribution in [0.5, 0.6) is 11.5 Å². The number of hydrogen-bond acceptors (Lipinski definition) is 7. The first-order chi connectivity index (χ1) is 16.0. The van der Waals surface area contributed by atoms with Gasteiger partial charge in [-0.3, -0.25) is 9.63 Å². The van der Waals surface area contributed by atoms with E-state index in [1.54, 1.807) is 7.05 Å². The van der Waals surface area contributed by atoms with Gasteiger partial charge in [0.25, 0.3) is 0 Å². The van der Waals surface area contributed by atoms with E-state index in [0.29, 0.717) is 18.1 Å². The molecular weight excluding hydrogens is 418 g/mol. The fraction of sp³-hybridized carbons (Fsp3) is 0.320. The van der Waals surface area contributed by atoms with Crippen LogP contribution in [0.3, 0.4) is 0 Å². The maximum absolute atomic E-state index is 12.5. The lowest BCUT2D eigenvalue weighted by atomic mass is 9.85. The molecule has 1 fully saturated rings. The first-order valence-corrected chi connectivity index (χ1v) is 11.1. The van der Waals surface area contributed by atoms with E-state index in [1.165, 1.54) is 18.5 Å². The number of rotatable bonds is 7. The van der Waals surface area contributed by atoms with E-state index >= 15 is 0 Å². The molecule has 0 unspecified atom stereocenters.